The van der Waals surface area contributed by atoms with E-state index in [0.717, 1.165) is 0 Å². The zero-order valence-corrected chi connectivity index (χ0v) is 7.55. The minimum absolute atomic E-state index is 0.00994. The molecule has 0 spiro atoms. The first-order chi connectivity index (χ1) is 6.08. The molecule has 0 saturated heterocycles. The van der Waals surface area contributed by atoms with Gasteiger partial charge in [-0.15, -0.1) is 0 Å². The summed E-state index contributed by atoms with van der Waals surface area (Å²) >= 11 is 5.48. The topological polar surface area (TPSA) is 35.0 Å². The normalized spacial score (nSPS) is 10.5. The Hall–Kier alpha value is -0.970. The van der Waals surface area contributed by atoms with Crippen molar-refractivity contribution in [2.45, 2.75) is 13.3 Å². The molecule has 0 atom stereocenters. The molecule has 13 heavy (non-hydrogen) atoms. The van der Waals surface area contributed by atoms with E-state index in [4.69, 9.17) is 11.6 Å². The Bertz CT molecular complexity index is 276. The molecule has 0 aliphatic heterocycles. The van der Waals surface area contributed by atoms with Crippen LogP contribution in [0.4, 0.5) is 8.78 Å². The lowest BCUT2D eigenvalue weighted by atomic mass is 10.4. The van der Waals surface area contributed by atoms with Crippen LogP contribution in [0.2, 0.25) is 5.28 Å². The highest BCUT2D eigenvalue weighted by atomic mass is 35.5. The molecule has 0 saturated carbocycles. The Balaban J connectivity index is 2.66. The second-order valence-electron chi connectivity index (χ2n) is 2.32. The number of halogens is 3. The standard InChI is InChI=1S/C7H7ClF2N2O/c1-4-2-6(12-7(8)11-4)13-3-5(9)10/h2,5H,3H2,1H3. The summed E-state index contributed by atoms with van der Waals surface area (Å²) in [6.07, 6.45) is -2.52. The van der Waals surface area contributed by atoms with Crippen molar-refractivity contribution in [1.82, 2.24) is 9.97 Å². The van der Waals surface area contributed by atoms with Gasteiger partial charge in [0.15, 0.2) is 6.61 Å². The molecule has 72 valence electrons. The lowest BCUT2D eigenvalue weighted by Gasteiger charge is -2.04. The molecular weight excluding hydrogens is 202 g/mol. The Kier molecular flexibility index (Phi) is 3.36. The summed E-state index contributed by atoms with van der Waals surface area (Å²) in [4.78, 5) is 7.35. The molecule has 0 aliphatic carbocycles. The fourth-order valence-corrected chi connectivity index (χ4v) is 0.944. The molecule has 0 unspecified atom stereocenters. The second-order valence-corrected chi connectivity index (χ2v) is 2.66. The molecule has 0 bridgehead atoms. The van der Waals surface area contributed by atoms with E-state index >= 15 is 0 Å². The summed E-state index contributed by atoms with van der Waals surface area (Å²) < 4.78 is 28.1. The summed E-state index contributed by atoms with van der Waals surface area (Å²) in [5.74, 6) is 0.0674. The van der Waals surface area contributed by atoms with Crippen LogP contribution >= 0.6 is 11.6 Å². The van der Waals surface area contributed by atoms with Crippen molar-refractivity contribution in [2.24, 2.45) is 0 Å². The van der Waals surface area contributed by atoms with E-state index in [9.17, 15) is 8.78 Å². The average molecular weight is 209 g/mol. The Morgan fingerprint density at radius 2 is 2.23 bits per heavy atom. The SMILES string of the molecule is Cc1cc(OCC(F)F)nc(Cl)n1. The van der Waals surface area contributed by atoms with Gasteiger partial charge in [0.1, 0.15) is 0 Å². The summed E-state index contributed by atoms with van der Waals surface area (Å²) in [5.41, 5.74) is 0.573. The number of hydrogen-bond donors (Lipinski definition) is 0. The zero-order valence-electron chi connectivity index (χ0n) is 6.80. The van der Waals surface area contributed by atoms with Crippen LogP contribution in [0.15, 0.2) is 6.07 Å². The van der Waals surface area contributed by atoms with E-state index in [1.165, 1.54) is 6.07 Å². The molecule has 1 rings (SSSR count). The Labute approximate surface area is 78.7 Å². The first kappa shape index (κ1) is 10.1. The number of aryl methyl sites for hydroxylation is 1. The quantitative estimate of drug-likeness (QED) is 0.714. The predicted molar refractivity (Wildman–Crippen MR) is 43.3 cm³/mol. The van der Waals surface area contributed by atoms with Crippen molar-refractivity contribution in [2.75, 3.05) is 6.61 Å². The van der Waals surface area contributed by atoms with Gasteiger partial charge in [-0.3, -0.25) is 0 Å². The van der Waals surface area contributed by atoms with Crippen molar-refractivity contribution in [1.29, 1.82) is 0 Å². The fourth-order valence-electron chi connectivity index (χ4n) is 0.727. The van der Waals surface area contributed by atoms with Crippen molar-refractivity contribution in [3.8, 4) is 5.88 Å². The molecule has 3 nitrogen and oxygen atoms in total. The van der Waals surface area contributed by atoms with Crippen LogP contribution in [0.3, 0.4) is 0 Å². The van der Waals surface area contributed by atoms with Crippen LogP contribution in [0.25, 0.3) is 0 Å². The molecule has 1 aromatic rings. The third-order valence-electron chi connectivity index (χ3n) is 1.16. The van der Waals surface area contributed by atoms with Gasteiger partial charge in [-0.1, -0.05) is 0 Å². The van der Waals surface area contributed by atoms with E-state index in [2.05, 4.69) is 14.7 Å². The summed E-state index contributed by atoms with van der Waals surface area (Å²) in [6, 6.07) is 1.44. The van der Waals surface area contributed by atoms with Gasteiger partial charge in [0.05, 0.1) is 0 Å². The number of aromatic nitrogens is 2. The first-order valence-electron chi connectivity index (χ1n) is 3.50. The highest BCUT2D eigenvalue weighted by Gasteiger charge is 2.05. The molecule has 0 aliphatic rings. The number of hydrogen-bond acceptors (Lipinski definition) is 3. The molecule has 0 aromatic carbocycles. The minimum Gasteiger partial charge on any atom is -0.471 e. The Morgan fingerprint density at radius 3 is 2.77 bits per heavy atom. The van der Waals surface area contributed by atoms with E-state index in [1.807, 2.05) is 0 Å². The number of nitrogens with zero attached hydrogens (tertiary/aromatic N) is 2. The van der Waals surface area contributed by atoms with E-state index in [-0.39, 0.29) is 11.2 Å². The third kappa shape index (κ3) is 3.50. The van der Waals surface area contributed by atoms with Gasteiger partial charge in [0.25, 0.3) is 6.43 Å². The third-order valence-corrected chi connectivity index (χ3v) is 1.33. The maximum atomic E-state index is 11.7. The number of alkyl halides is 2. The highest BCUT2D eigenvalue weighted by molar-refractivity contribution is 6.28. The molecular formula is C7H7ClF2N2O. The van der Waals surface area contributed by atoms with Crippen molar-refractivity contribution in [3.05, 3.63) is 17.0 Å². The molecule has 0 fully saturated rings. The van der Waals surface area contributed by atoms with Crippen molar-refractivity contribution < 1.29 is 13.5 Å². The lowest BCUT2D eigenvalue weighted by Crippen LogP contribution is -2.08. The van der Waals surface area contributed by atoms with Crippen LogP contribution in [0.1, 0.15) is 5.69 Å². The summed E-state index contributed by atoms with van der Waals surface area (Å²) in [7, 11) is 0. The number of ether oxygens (including phenoxy) is 1. The van der Waals surface area contributed by atoms with Crippen LogP contribution in [0.5, 0.6) is 5.88 Å². The summed E-state index contributed by atoms with van der Waals surface area (Å²) in [6.45, 7) is 0.982. The molecule has 0 radical (unpaired) electrons. The Morgan fingerprint density at radius 1 is 1.54 bits per heavy atom. The van der Waals surface area contributed by atoms with Gasteiger partial charge in [-0.05, 0) is 18.5 Å². The molecule has 6 heteroatoms. The van der Waals surface area contributed by atoms with E-state index in [1.54, 1.807) is 6.92 Å². The predicted octanol–water partition coefficient (Wildman–Crippen LogP) is 2.08. The first-order valence-corrected chi connectivity index (χ1v) is 3.88. The minimum atomic E-state index is -2.52. The molecule has 1 heterocycles. The monoisotopic (exact) mass is 208 g/mol. The van der Waals surface area contributed by atoms with Gasteiger partial charge >= 0.3 is 0 Å². The van der Waals surface area contributed by atoms with Crippen LogP contribution in [-0.4, -0.2) is 23.0 Å². The average Bonchev–Trinajstić information content (AvgIpc) is 1.99. The maximum Gasteiger partial charge on any atom is 0.272 e. The lowest BCUT2D eigenvalue weighted by molar-refractivity contribution is 0.0795. The van der Waals surface area contributed by atoms with Crippen LogP contribution < -0.4 is 4.74 Å². The summed E-state index contributed by atoms with van der Waals surface area (Å²) in [5, 5.41) is -0.00994. The van der Waals surface area contributed by atoms with Crippen molar-refractivity contribution >= 4 is 11.6 Å². The molecule has 0 amide bonds. The number of rotatable bonds is 3. The smallest absolute Gasteiger partial charge is 0.272 e. The van der Waals surface area contributed by atoms with E-state index < -0.39 is 13.0 Å². The van der Waals surface area contributed by atoms with E-state index in [0.29, 0.717) is 5.69 Å². The van der Waals surface area contributed by atoms with Gasteiger partial charge < -0.3 is 4.74 Å². The van der Waals surface area contributed by atoms with Gasteiger partial charge in [0.2, 0.25) is 11.2 Å². The van der Waals surface area contributed by atoms with Crippen LogP contribution in [0, 0.1) is 6.92 Å². The second kappa shape index (κ2) is 4.32. The fraction of sp³-hybridized carbons (Fsp3) is 0.429. The zero-order chi connectivity index (χ0) is 9.84. The van der Waals surface area contributed by atoms with Gasteiger partial charge in [-0.25, -0.2) is 13.8 Å². The molecule has 1 aromatic heterocycles. The highest BCUT2D eigenvalue weighted by Crippen LogP contribution is 2.12. The van der Waals surface area contributed by atoms with Crippen molar-refractivity contribution in [3.63, 3.8) is 0 Å². The van der Waals surface area contributed by atoms with Gasteiger partial charge in [-0.2, -0.15) is 4.98 Å². The van der Waals surface area contributed by atoms with Crippen LogP contribution in [-0.2, 0) is 0 Å². The maximum absolute atomic E-state index is 11.7. The molecule has 0 N–H and O–H groups in total. The largest absolute Gasteiger partial charge is 0.471 e. The van der Waals surface area contributed by atoms with Gasteiger partial charge in [0, 0.05) is 11.8 Å².